The van der Waals surface area contributed by atoms with Gasteiger partial charge in [0.1, 0.15) is 4.70 Å². The van der Waals surface area contributed by atoms with Gasteiger partial charge in [-0.2, -0.15) is 0 Å². The Hall–Kier alpha value is -2.67. The molecular formula is C24H30N4O2S. The number of aromatic nitrogens is 2. The molecule has 0 radical (unpaired) electrons. The minimum atomic E-state index is 0.00686. The van der Waals surface area contributed by atoms with Crippen LogP contribution in [0.25, 0.3) is 10.2 Å². The number of nitrogens with zero attached hydrogens (tertiary/aromatic N) is 3. The molecule has 164 valence electrons. The summed E-state index contributed by atoms with van der Waals surface area (Å²) >= 11 is 1.44. The van der Waals surface area contributed by atoms with E-state index in [1.54, 1.807) is 4.57 Å². The predicted molar refractivity (Wildman–Crippen MR) is 127 cm³/mol. The van der Waals surface area contributed by atoms with Crippen molar-refractivity contribution in [3.05, 3.63) is 57.7 Å². The van der Waals surface area contributed by atoms with Gasteiger partial charge in [-0.15, -0.1) is 11.3 Å². The van der Waals surface area contributed by atoms with Crippen LogP contribution in [0.4, 0.5) is 5.95 Å². The number of rotatable bonds is 7. The van der Waals surface area contributed by atoms with E-state index in [0.717, 1.165) is 50.0 Å². The highest BCUT2D eigenvalue weighted by Gasteiger charge is 2.27. The van der Waals surface area contributed by atoms with Crippen molar-refractivity contribution in [3.63, 3.8) is 0 Å². The number of hydrogen-bond donors (Lipinski definition) is 1. The van der Waals surface area contributed by atoms with Crippen LogP contribution in [0.5, 0.6) is 0 Å². The van der Waals surface area contributed by atoms with E-state index in [0.29, 0.717) is 23.1 Å². The average Bonchev–Trinajstić information content (AvgIpc) is 3.25. The first-order valence-electron chi connectivity index (χ1n) is 11.1. The fourth-order valence-electron chi connectivity index (χ4n) is 4.05. The first-order valence-corrected chi connectivity index (χ1v) is 12.0. The molecule has 1 fully saturated rings. The van der Waals surface area contributed by atoms with Crippen molar-refractivity contribution in [2.45, 2.75) is 39.7 Å². The quantitative estimate of drug-likeness (QED) is 0.608. The van der Waals surface area contributed by atoms with Crippen LogP contribution in [0.3, 0.4) is 0 Å². The van der Waals surface area contributed by atoms with Crippen molar-refractivity contribution >= 4 is 33.4 Å². The fourth-order valence-corrected chi connectivity index (χ4v) is 4.83. The van der Waals surface area contributed by atoms with E-state index >= 15 is 0 Å². The smallest absolute Gasteiger partial charge is 0.273 e. The number of amides is 1. The number of carbonyl (C=O) groups is 1. The molecule has 6 nitrogen and oxygen atoms in total. The molecule has 0 unspecified atom stereocenters. The highest BCUT2D eigenvalue weighted by Crippen LogP contribution is 2.25. The van der Waals surface area contributed by atoms with E-state index in [1.165, 1.54) is 11.3 Å². The van der Waals surface area contributed by atoms with E-state index in [2.05, 4.69) is 24.1 Å². The van der Waals surface area contributed by atoms with Gasteiger partial charge in [-0.3, -0.25) is 14.2 Å². The monoisotopic (exact) mass is 438 g/mol. The van der Waals surface area contributed by atoms with Crippen molar-refractivity contribution in [2.24, 2.45) is 11.8 Å². The van der Waals surface area contributed by atoms with Crippen LogP contribution < -0.4 is 15.8 Å². The van der Waals surface area contributed by atoms with E-state index in [1.807, 2.05) is 41.8 Å². The van der Waals surface area contributed by atoms with Gasteiger partial charge < -0.3 is 10.2 Å². The van der Waals surface area contributed by atoms with Crippen molar-refractivity contribution in [2.75, 3.05) is 24.5 Å². The van der Waals surface area contributed by atoms with E-state index in [4.69, 9.17) is 4.98 Å². The van der Waals surface area contributed by atoms with Gasteiger partial charge >= 0.3 is 0 Å². The van der Waals surface area contributed by atoms with Crippen LogP contribution in [0.1, 0.15) is 38.7 Å². The number of thiophene rings is 1. The summed E-state index contributed by atoms with van der Waals surface area (Å²) in [5, 5.41) is 5.01. The summed E-state index contributed by atoms with van der Waals surface area (Å²) in [5.74, 6) is 1.48. The predicted octanol–water partition coefficient (Wildman–Crippen LogP) is 3.89. The molecule has 0 atom stereocenters. The molecule has 1 aliphatic heterocycles. The molecule has 4 rings (SSSR count). The van der Waals surface area contributed by atoms with E-state index in [9.17, 15) is 9.59 Å². The summed E-state index contributed by atoms with van der Waals surface area (Å²) in [4.78, 5) is 32.8. The molecule has 0 aliphatic carbocycles. The number of fused-ring (bicyclic) bond motifs is 1. The zero-order valence-electron chi connectivity index (χ0n) is 18.2. The molecule has 1 amide bonds. The standard InChI is InChI=1S/C24H30N4O2S/c1-17(2)8-12-25-22(29)19-9-13-27(14-10-19)24-26-20-11-15-31-21(20)23(30)28(24)16-18-6-4-3-5-7-18/h3-7,11,15,17,19H,8-10,12-14,16H2,1-2H3,(H,25,29). The lowest BCUT2D eigenvalue weighted by atomic mass is 9.96. The van der Waals surface area contributed by atoms with Gasteiger partial charge in [0.15, 0.2) is 0 Å². The normalized spacial score (nSPS) is 15.0. The van der Waals surface area contributed by atoms with Crippen LogP contribution in [0.2, 0.25) is 0 Å². The van der Waals surface area contributed by atoms with Crippen LogP contribution in [-0.4, -0.2) is 35.1 Å². The van der Waals surface area contributed by atoms with Gasteiger partial charge in [0, 0.05) is 25.6 Å². The molecule has 3 aromatic rings. The Labute approximate surface area is 186 Å². The molecular weight excluding hydrogens is 408 g/mol. The maximum atomic E-state index is 13.2. The second-order valence-electron chi connectivity index (χ2n) is 8.66. The summed E-state index contributed by atoms with van der Waals surface area (Å²) in [5.41, 5.74) is 1.83. The van der Waals surface area contributed by atoms with Gasteiger partial charge in [-0.25, -0.2) is 4.98 Å². The highest BCUT2D eigenvalue weighted by molar-refractivity contribution is 7.17. The maximum absolute atomic E-state index is 13.2. The lowest BCUT2D eigenvalue weighted by Gasteiger charge is -2.33. The maximum Gasteiger partial charge on any atom is 0.273 e. The third-order valence-electron chi connectivity index (χ3n) is 5.90. The van der Waals surface area contributed by atoms with Gasteiger partial charge in [0.05, 0.1) is 12.1 Å². The van der Waals surface area contributed by atoms with Crippen molar-refractivity contribution in [1.82, 2.24) is 14.9 Å². The van der Waals surface area contributed by atoms with Crippen molar-refractivity contribution in [1.29, 1.82) is 0 Å². The Bertz CT molecular complexity index is 1080. The van der Waals surface area contributed by atoms with Crippen molar-refractivity contribution in [3.8, 4) is 0 Å². The molecule has 3 heterocycles. The van der Waals surface area contributed by atoms with Crippen LogP contribution >= 0.6 is 11.3 Å². The number of carbonyl (C=O) groups excluding carboxylic acids is 1. The lowest BCUT2D eigenvalue weighted by molar-refractivity contribution is -0.125. The molecule has 1 aromatic carbocycles. The Morgan fingerprint density at radius 2 is 1.94 bits per heavy atom. The average molecular weight is 439 g/mol. The van der Waals surface area contributed by atoms with E-state index < -0.39 is 0 Å². The fraction of sp³-hybridized carbons (Fsp3) is 0.458. The third-order valence-corrected chi connectivity index (χ3v) is 6.79. The second kappa shape index (κ2) is 9.64. The molecule has 1 aliphatic rings. The summed E-state index contributed by atoms with van der Waals surface area (Å²) < 4.78 is 2.48. The lowest BCUT2D eigenvalue weighted by Crippen LogP contribution is -2.43. The Balaban J connectivity index is 1.52. The molecule has 31 heavy (non-hydrogen) atoms. The Kier molecular flexibility index (Phi) is 6.70. The molecule has 7 heteroatoms. The summed E-state index contributed by atoms with van der Waals surface area (Å²) in [6.07, 6.45) is 2.55. The first-order chi connectivity index (χ1) is 15.0. The highest BCUT2D eigenvalue weighted by atomic mass is 32.1. The Morgan fingerprint density at radius 1 is 1.19 bits per heavy atom. The van der Waals surface area contributed by atoms with Gasteiger partial charge in [-0.05, 0) is 42.2 Å². The summed E-state index contributed by atoms with van der Waals surface area (Å²) in [7, 11) is 0. The van der Waals surface area contributed by atoms with Crippen LogP contribution in [0, 0.1) is 11.8 Å². The number of nitrogens with one attached hydrogen (secondary N) is 1. The third kappa shape index (κ3) is 4.98. The number of piperidine rings is 1. The van der Waals surface area contributed by atoms with Crippen LogP contribution in [0.15, 0.2) is 46.6 Å². The topological polar surface area (TPSA) is 67.2 Å². The molecule has 0 bridgehead atoms. The van der Waals surface area contributed by atoms with Gasteiger partial charge in [0.25, 0.3) is 5.56 Å². The largest absolute Gasteiger partial charge is 0.356 e. The van der Waals surface area contributed by atoms with Crippen molar-refractivity contribution < 1.29 is 4.79 Å². The number of anilines is 1. The molecule has 0 saturated carbocycles. The summed E-state index contributed by atoms with van der Waals surface area (Å²) in [6, 6.07) is 11.9. The van der Waals surface area contributed by atoms with Gasteiger partial charge in [-0.1, -0.05) is 44.2 Å². The molecule has 1 N–H and O–H groups in total. The number of benzene rings is 1. The minimum Gasteiger partial charge on any atom is -0.356 e. The second-order valence-corrected chi connectivity index (χ2v) is 9.57. The van der Waals surface area contributed by atoms with Crippen LogP contribution in [-0.2, 0) is 11.3 Å². The SMILES string of the molecule is CC(C)CCNC(=O)C1CCN(c2nc3ccsc3c(=O)n2Cc2ccccc2)CC1. The van der Waals surface area contributed by atoms with Gasteiger partial charge in [0.2, 0.25) is 11.9 Å². The Morgan fingerprint density at radius 3 is 2.65 bits per heavy atom. The molecule has 1 saturated heterocycles. The zero-order valence-corrected chi connectivity index (χ0v) is 19.0. The number of hydrogen-bond acceptors (Lipinski definition) is 5. The zero-order chi connectivity index (χ0) is 21.8. The first kappa shape index (κ1) is 21.6. The minimum absolute atomic E-state index is 0.00686. The molecule has 2 aromatic heterocycles. The summed E-state index contributed by atoms with van der Waals surface area (Å²) in [6.45, 7) is 7.00. The van der Waals surface area contributed by atoms with E-state index in [-0.39, 0.29) is 17.4 Å². The molecule has 0 spiro atoms.